The SMILES string of the molecule is CCc1nc(N(CCC(=O)NCc2ccccc2)CC(C)C)c2cc(Cl)cc(Cl)c2n1. The van der Waals surface area contributed by atoms with E-state index >= 15 is 0 Å². The smallest absolute Gasteiger partial charge is 0.222 e. The summed E-state index contributed by atoms with van der Waals surface area (Å²) in [6.07, 6.45) is 1.05. The van der Waals surface area contributed by atoms with Crippen LogP contribution in [0.1, 0.15) is 38.6 Å². The van der Waals surface area contributed by atoms with Gasteiger partial charge in [-0.1, -0.05) is 74.3 Å². The first-order valence-electron chi connectivity index (χ1n) is 10.6. The van der Waals surface area contributed by atoms with Crippen LogP contribution in [0.4, 0.5) is 5.82 Å². The fourth-order valence-corrected chi connectivity index (χ4v) is 3.97. The number of benzene rings is 2. The summed E-state index contributed by atoms with van der Waals surface area (Å²) in [5.41, 5.74) is 1.77. The van der Waals surface area contributed by atoms with E-state index < -0.39 is 0 Å². The Balaban J connectivity index is 1.83. The van der Waals surface area contributed by atoms with Gasteiger partial charge in [-0.15, -0.1) is 0 Å². The first kappa shape index (κ1) is 23.3. The predicted molar refractivity (Wildman–Crippen MR) is 129 cm³/mol. The molecule has 31 heavy (non-hydrogen) atoms. The summed E-state index contributed by atoms with van der Waals surface area (Å²) in [7, 11) is 0. The molecule has 1 amide bonds. The summed E-state index contributed by atoms with van der Waals surface area (Å²) in [6, 6.07) is 13.4. The van der Waals surface area contributed by atoms with E-state index in [0.29, 0.717) is 53.2 Å². The van der Waals surface area contributed by atoms with Gasteiger partial charge in [-0.25, -0.2) is 9.97 Å². The third-order valence-corrected chi connectivity index (χ3v) is 5.39. The minimum Gasteiger partial charge on any atom is -0.355 e. The Kier molecular flexibility index (Phi) is 8.10. The number of nitrogens with zero attached hydrogens (tertiary/aromatic N) is 3. The highest BCUT2D eigenvalue weighted by Crippen LogP contribution is 2.32. The Hall–Kier alpha value is -2.37. The molecule has 5 nitrogen and oxygen atoms in total. The molecule has 0 spiro atoms. The minimum absolute atomic E-state index is 0.00255. The maximum absolute atomic E-state index is 12.5. The van der Waals surface area contributed by atoms with Crippen LogP contribution in [0.3, 0.4) is 0 Å². The van der Waals surface area contributed by atoms with Crippen molar-refractivity contribution in [3.05, 3.63) is 63.9 Å². The second kappa shape index (κ2) is 10.8. The number of hydrogen-bond acceptors (Lipinski definition) is 4. The fraction of sp³-hybridized carbons (Fsp3) is 0.375. The largest absolute Gasteiger partial charge is 0.355 e. The van der Waals surface area contributed by atoms with Gasteiger partial charge in [0, 0.05) is 42.9 Å². The number of hydrogen-bond donors (Lipinski definition) is 1. The van der Waals surface area contributed by atoms with E-state index in [0.717, 1.165) is 23.3 Å². The van der Waals surface area contributed by atoms with E-state index in [4.69, 9.17) is 28.2 Å². The first-order chi connectivity index (χ1) is 14.9. The molecule has 3 aromatic rings. The third kappa shape index (κ3) is 6.31. The van der Waals surface area contributed by atoms with Crippen LogP contribution in [0, 0.1) is 5.92 Å². The van der Waals surface area contributed by atoms with Crippen LogP contribution in [-0.4, -0.2) is 29.0 Å². The molecular formula is C24H28Cl2N4O. The normalized spacial score (nSPS) is 11.2. The summed E-state index contributed by atoms with van der Waals surface area (Å²) in [6.45, 7) is 8.12. The van der Waals surface area contributed by atoms with Crippen molar-refractivity contribution in [1.29, 1.82) is 0 Å². The van der Waals surface area contributed by atoms with Crippen LogP contribution >= 0.6 is 23.2 Å². The quantitative estimate of drug-likeness (QED) is 0.448. The zero-order valence-corrected chi connectivity index (χ0v) is 19.7. The van der Waals surface area contributed by atoms with Crippen molar-refractivity contribution < 1.29 is 4.79 Å². The van der Waals surface area contributed by atoms with Crippen LogP contribution in [0.2, 0.25) is 10.0 Å². The Morgan fingerprint density at radius 2 is 1.87 bits per heavy atom. The zero-order chi connectivity index (χ0) is 22.4. The molecule has 0 fully saturated rings. The van der Waals surface area contributed by atoms with Gasteiger partial charge in [-0.05, 0) is 23.6 Å². The van der Waals surface area contributed by atoms with Crippen LogP contribution in [0.25, 0.3) is 10.9 Å². The van der Waals surface area contributed by atoms with Gasteiger partial charge < -0.3 is 10.2 Å². The second-order valence-electron chi connectivity index (χ2n) is 7.95. The molecular weight excluding hydrogens is 431 g/mol. The Morgan fingerprint density at radius 1 is 1.13 bits per heavy atom. The maximum atomic E-state index is 12.5. The minimum atomic E-state index is 0.00255. The lowest BCUT2D eigenvalue weighted by Crippen LogP contribution is -2.34. The van der Waals surface area contributed by atoms with Crippen molar-refractivity contribution in [1.82, 2.24) is 15.3 Å². The molecule has 0 atom stereocenters. The number of carbonyl (C=O) groups excluding carboxylic acids is 1. The van der Waals surface area contributed by atoms with Crippen LogP contribution < -0.4 is 10.2 Å². The zero-order valence-electron chi connectivity index (χ0n) is 18.2. The van der Waals surface area contributed by atoms with Crippen LogP contribution in [-0.2, 0) is 17.8 Å². The second-order valence-corrected chi connectivity index (χ2v) is 8.80. The van der Waals surface area contributed by atoms with Crippen molar-refractivity contribution >= 4 is 45.8 Å². The summed E-state index contributed by atoms with van der Waals surface area (Å²) >= 11 is 12.7. The number of halogens is 2. The monoisotopic (exact) mass is 458 g/mol. The molecule has 0 aliphatic heterocycles. The fourth-order valence-electron chi connectivity index (χ4n) is 3.43. The third-order valence-electron chi connectivity index (χ3n) is 4.89. The molecule has 0 saturated carbocycles. The maximum Gasteiger partial charge on any atom is 0.222 e. The van der Waals surface area contributed by atoms with Gasteiger partial charge in [0.2, 0.25) is 5.91 Å². The number of carbonyl (C=O) groups is 1. The van der Waals surface area contributed by atoms with E-state index in [1.807, 2.05) is 43.3 Å². The van der Waals surface area contributed by atoms with E-state index in [9.17, 15) is 4.79 Å². The van der Waals surface area contributed by atoms with E-state index in [1.54, 1.807) is 6.07 Å². The molecule has 0 bridgehead atoms. The molecule has 0 saturated heterocycles. The molecule has 2 aromatic carbocycles. The van der Waals surface area contributed by atoms with Gasteiger partial charge in [-0.3, -0.25) is 4.79 Å². The number of fused-ring (bicyclic) bond motifs is 1. The Morgan fingerprint density at radius 3 is 2.55 bits per heavy atom. The van der Waals surface area contributed by atoms with Gasteiger partial charge in [-0.2, -0.15) is 0 Å². The number of amides is 1. The Labute approximate surface area is 193 Å². The number of nitrogens with one attached hydrogen (secondary N) is 1. The summed E-state index contributed by atoms with van der Waals surface area (Å²) in [5.74, 6) is 1.88. The lowest BCUT2D eigenvalue weighted by atomic mass is 10.1. The van der Waals surface area contributed by atoms with Crippen molar-refractivity contribution in [2.75, 3.05) is 18.0 Å². The van der Waals surface area contributed by atoms with Gasteiger partial charge in [0.1, 0.15) is 11.6 Å². The van der Waals surface area contributed by atoms with Crippen LogP contribution in [0.5, 0.6) is 0 Å². The lowest BCUT2D eigenvalue weighted by Gasteiger charge is -2.27. The molecule has 1 aromatic heterocycles. The highest BCUT2D eigenvalue weighted by molar-refractivity contribution is 6.38. The topological polar surface area (TPSA) is 58.1 Å². The molecule has 0 aliphatic rings. The molecule has 0 unspecified atom stereocenters. The molecule has 3 rings (SSSR count). The van der Waals surface area contributed by atoms with E-state index in [2.05, 4.69) is 29.0 Å². The molecule has 1 N–H and O–H groups in total. The van der Waals surface area contributed by atoms with Crippen LogP contribution in [0.15, 0.2) is 42.5 Å². The number of aromatic nitrogens is 2. The van der Waals surface area contributed by atoms with Crippen molar-refractivity contribution in [3.63, 3.8) is 0 Å². The first-order valence-corrected chi connectivity index (χ1v) is 11.3. The lowest BCUT2D eigenvalue weighted by molar-refractivity contribution is -0.121. The van der Waals surface area contributed by atoms with Crippen molar-refractivity contribution in [2.24, 2.45) is 5.92 Å². The molecule has 0 aliphatic carbocycles. The molecule has 164 valence electrons. The molecule has 7 heteroatoms. The predicted octanol–water partition coefficient (Wildman–Crippen LogP) is 5.67. The number of rotatable bonds is 9. The summed E-state index contributed by atoms with van der Waals surface area (Å²) in [4.78, 5) is 24.1. The Bertz CT molecular complexity index is 1040. The summed E-state index contributed by atoms with van der Waals surface area (Å²) in [5, 5.41) is 4.85. The highest BCUT2D eigenvalue weighted by Gasteiger charge is 2.19. The molecule has 1 heterocycles. The van der Waals surface area contributed by atoms with Crippen molar-refractivity contribution in [3.8, 4) is 0 Å². The van der Waals surface area contributed by atoms with E-state index in [-0.39, 0.29) is 5.91 Å². The average Bonchev–Trinajstić information content (AvgIpc) is 2.75. The summed E-state index contributed by atoms with van der Waals surface area (Å²) < 4.78 is 0. The van der Waals surface area contributed by atoms with Gasteiger partial charge in [0.15, 0.2) is 0 Å². The number of aryl methyl sites for hydroxylation is 1. The van der Waals surface area contributed by atoms with Gasteiger partial charge in [0.05, 0.1) is 10.5 Å². The van der Waals surface area contributed by atoms with E-state index in [1.165, 1.54) is 0 Å². The van der Waals surface area contributed by atoms with Gasteiger partial charge in [0.25, 0.3) is 0 Å². The number of anilines is 1. The highest BCUT2D eigenvalue weighted by atomic mass is 35.5. The van der Waals surface area contributed by atoms with Crippen molar-refractivity contribution in [2.45, 2.75) is 40.2 Å². The standard InChI is InChI=1S/C24H28Cl2N4O/c1-4-21-28-23-19(12-18(25)13-20(23)26)24(29-21)30(15-16(2)3)11-10-22(31)27-14-17-8-6-5-7-9-17/h5-9,12-13,16H,4,10-11,14-15H2,1-3H3,(H,27,31). The molecule has 0 radical (unpaired) electrons. The average molecular weight is 459 g/mol. The van der Waals surface area contributed by atoms with Gasteiger partial charge >= 0.3 is 0 Å².